The summed E-state index contributed by atoms with van der Waals surface area (Å²) in [6, 6.07) is 3.77. The Hall–Kier alpha value is -2.23. The second kappa shape index (κ2) is 4.13. The maximum atomic E-state index is 11.1. The molecular formula is C16H16O4. The van der Waals surface area contributed by atoms with E-state index in [0.717, 1.165) is 33.1 Å². The normalized spacial score (nSPS) is 12.3. The lowest BCUT2D eigenvalue weighted by atomic mass is 9.78. The number of benzene rings is 1. The summed E-state index contributed by atoms with van der Waals surface area (Å²) in [7, 11) is 0. The summed E-state index contributed by atoms with van der Waals surface area (Å²) in [5, 5.41) is 11.1. The summed E-state index contributed by atoms with van der Waals surface area (Å²) in [6.07, 6.45) is 3.31. The Bertz CT molecular complexity index is 753. The van der Waals surface area contributed by atoms with Crippen LogP contribution in [0.3, 0.4) is 0 Å². The van der Waals surface area contributed by atoms with Crippen molar-refractivity contribution >= 4 is 27.9 Å². The highest BCUT2D eigenvalue weighted by Gasteiger charge is 2.31. The molecule has 0 aliphatic heterocycles. The van der Waals surface area contributed by atoms with Crippen molar-refractivity contribution in [2.24, 2.45) is 0 Å². The molecule has 0 saturated heterocycles. The van der Waals surface area contributed by atoms with E-state index in [0.29, 0.717) is 0 Å². The molecule has 0 atom stereocenters. The zero-order chi connectivity index (χ0) is 14.5. The number of carboxylic acids is 1. The highest BCUT2D eigenvalue weighted by atomic mass is 16.4. The Labute approximate surface area is 116 Å². The summed E-state index contributed by atoms with van der Waals surface area (Å²) in [5.41, 5.74) is 2.92. The van der Waals surface area contributed by atoms with Crippen LogP contribution in [0.4, 0.5) is 0 Å². The van der Waals surface area contributed by atoms with Gasteiger partial charge >= 0.3 is 5.97 Å². The Balaban J connectivity index is 2.42. The van der Waals surface area contributed by atoms with Gasteiger partial charge in [0.2, 0.25) is 0 Å². The number of fused-ring (bicyclic) bond motifs is 2. The van der Waals surface area contributed by atoms with Gasteiger partial charge in [-0.2, -0.15) is 0 Å². The summed E-state index contributed by atoms with van der Waals surface area (Å²) in [6.45, 7) is 5.82. The van der Waals surface area contributed by atoms with Gasteiger partial charge in [-0.1, -0.05) is 13.8 Å². The minimum absolute atomic E-state index is 0.0339. The first kappa shape index (κ1) is 12.8. The first-order valence-electron chi connectivity index (χ1n) is 6.51. The van der Waals surface area contributed by atoms with Crippen LogP contribution >= 0.6 is 0 Å². The van der Waals surface area contributed by atoms with Gasteiger partial charge in [0, 0.05) is 27.3 Å². The summed E-state index contributed by atoms with van der Waals surface area (Å²) in [4.78, 5) is 11.1. The van der Waals surface area contributed by atoms with Crippen LogP contribution in [-0.4, -0.2) is 11.1 Å². The molecule has 3 rings (SSSR count). The van der Waals surface area contributed by atoms with E-state index < -0.39 is 11.4 Å². The van der Waals surface area contributed by atoms with Gasteiger partial charge < -0.3 is 13.9 Å². The summed E-state index contributed by atoms with van der Waals surface area (Å²) < 4.78 is 11.2. The highest BCUT2D eigenvalue weighted by Crippen LogP contribution is 2.41. The predicted octanol–water partition coefficient (Wildman–Crippen LogP) is 4.24. The van der Waals surface area contributed by atoms with Crippen molar-refractivity contribution in [1.82, 2.24) is 0 Å². The Kier molecular flexibility index (Phi) is 2.64. The first-order valence-corrected chi connectivity index (χ1v) is 6.51. The van der Waals surface area contributed by atoms with Gasteiger partial charge in [0.15, 0.2) is 0 Å². The van der Waals surface area contributed by atoms with Crippen molar-refractivity contribution in [3.8, 4) is 0 Å². The molecular weight excluding hydrogens is 256 g/mol. The lowest BCUT2D eigenvalue weighted by Gasteiger charge is -2.24. The minimum atomic E-state index is -0.827. The fourth-order valence-corrected chi connectivity index (χ4v) is 2.98. The minimum Gasteiger partial charge on any atom is -0.481 e. The van der Waals surface area contributed by atoms with Crippen LogP contribution in [0.5, 0.6) is 0 Å². The molecule has 0 spiro atoms. The molecule has 4 heteroatoms. The van der Waals surface area contributed by atoms with E-state index in [9.17, 15) is 4.79 Å². The Morgan fingerprint density at radius 2 is 1.75 bits per heavy atom. The maximum absolute atomic E-state index is 11.1. The van der Waals surface area contributed by atoms with Crippen molar-refractivity contribution in [3.63, 3.8) is 0 Å². The van der Waals surface area contributed by atoms with Crippen LogP contribution in [0.1, 0.15) is 31.4 Å². The number of furan rings is 2. The lowest BCUT2D eigenvalue weighted by Crippen LogP contribution is -2.22. The van der Waals surface area contributed by atoms with E-state index in [1.165, 1.54) is 0 Å². The topological polar surface area (TPSA) is 63.6 Å². The number of carboxylic acid groups (broad SMARTS) is 1. The van der Waals surface area contributed by atoms with Crippen molar-refractivity contribution in [3.05, 3.63) is 35.8 Å². The molecule has 0 bridgehead atoms. The fourth-order valence-electron chi connectivity index (χ4n) is 2.98. The van der Waals surface area contributed by atoms with Gasteiger partial charge in [-0.3, -0.25) is 4.79 Å². The van der Waals surface area contributed by atoms with Gasteiger partial charge in [-0.05, 0) is 19.1 Å². The molecule has 0 aliphatic rings. The quantitative estimate of drug-likeness (QED) is 0.774. The van der Waals surface area contributed by atoms with Crippen molar-refractivity contribution in [2.75, 3.05) is 0 Å². The molecule has 0 radical (unpaired) electrons. The molecule has 0 amide bonds. The molecule has 0 saturated carbocycles. The fraction of sp³-hybridized carbons (Fsp3) is 0.312. The second-order valence-corrected chi connectivity index (χ2v) is 5.78. The van der Waals surface area contributed by atoms with E-state index in [-0.39, 0.29) is 6.42 Å². The SMILES string of the molecule is Cc1c2ccoc2c(C(C)(C)CC(=O)O)c2ccoc12. The third-order valence-corrected chi connectivity index (χ3v) is 3.84. The van der Waals surface area contributed by atoms with Gasteiger partial charge in [-0.25, -0.2) is 0 Å². The molecule has 2 heterocycles. The Morgan fingerprint density at radius 1 is 1.15 bits per heavy atom. The average molecular weight is 272 g/mol. The van der Waals surface area contributed by atoms with Crippen LogP contribution in [0.25, 0.3) is 21.9 Å². The van der Waals surface area contributed by atoms with Crippen LogP contribution in [-0.2, 0) is 10.2 Å². The molecule has 2 aromatic heterocycles. The highest BCUT2D eigenvalue weighted by molar-refractivity contribution is 6.02. The van der Waals surface area contributed by atoms with Crippen LogP contribution in [0.2, 0.25) is 0 Å². The van der Waals surface area contributed by atoms with Crippen molar-refractivity contribution in [2.45, 2.75) is 32.6 Å². The lowest BCUT2D eigenvalue weighted by molar-refractivity contribution is -0.138. The summed E-state index contributed by atoms with van der Waals surface area (Å²) in [5.74, 6) is -0.827. The van der Waals surface area contributed by atoms with Gasteiger partial charge in [0.1, 0.15) is 11.2 Å². The van der Waals surface area contributed by atoms with Gasteiger partial charge in [-0.15, -0.1) is 0 Å². The zero-order valence-corrected chi connectivity index (χ0v) is 11.7. The monoisotopic (exact) mass is 272 g/mol. The van der Waals surface area contributed by atoms with Crippen LogP contribution in [0.15, 0.2) is 33.5 Å². The van der Waals surface area contributed by atoms with E-state index in [2.05, 4.69) is 0 Å². The average Bonchev–Trinajstić information content (AvgIpc) is 2.94. The molecule has 1 aromatic carbocycles. The standard InChI is InChI=1S/C16H16O4/c1-9-10-4-6-20-15(10)13(11-5-7-19-14(9)11)16(2,3)8-12(17)18/h4-7H,8H2,1-3H3,(H,17,18). The molecule has 0 fully saturated rings. The van der Waals surface area contributed by atoms with Crippen molar-refractivity contribution in [1.29, 1.82) is 0 Å². The predicted molar refractivity (Wildman–Crippen MR) is 76.0 cm³/mol. The van der Waals surface area contributed by atoms with E-state index in [1.807, 2.05) is 32.9 Å². The number of aliphatic carboxylic acids is 1. The molecule has 4 nitrogen and oxygen atoms in total. The smallest absolute Gasteiger partial charge is 0.304 e. The number of hydrogen-bond acceptors (Lipinski definition) is 3. The number of rotatable bonds is 3. The molecule has 1 N–H and O–H groups in total. The molecule has 0 unspecified atom stereocenters. The molecule has 0 aliphatic carbocycles. The van der Waals surface area contributed by atoms with Crippen molar-refractivity contribution < 1.29 is 18.7 Å². The van der Waals surface area contributed by atoms with Gasteiger partial charge in [0.25, 0.3) is 0 Å². The first-order chi connectivity index (χ1) is 9.42. The maximum Gasteiger partial charge on any atom is 0.304 e. The van der Waals surface area contributed by atoms with Gasteiger partial charge in [0.05, 0.1) is 18.9 Å². The largest absolute Gasteiger partial charge is 0.481 e. The van der Waals surface area contributed by atoms with E-state index in [1.54, 1.807) is 12.5 Å². The number of carbonyl (C=O) groups is 1. The second-order valence-electron chi connectivity index (χ2n) is 5.78. The number of aryl methyl sites for hydroxylation is 1. The third-order valence-electron chi connectivity index (χ3n) is 3.84. The van der Waals surface area contributed by atoms with E-state index >= 15 is 0 Å². The zero-order valence-electron chi connectivity index (χ0n) is 11.7. The van der Waals surface area contributed by atoms with Crippen LogP contribution < -0.4 is 0 Å². The van der Waals surface area contributed by atoms with Crippen LogP contribution in [0, 0.1) is 6.92 Å². The molecule has 104 valence electrons. The Morgan fingerprint density at radius 3 is 2.40 bits per heavy atom. The number of hydrogen-bond donors (Lipinski definition) is 1. The molecule has 3 aromatic rings. The van der Waals surface area contributed by atoms with E-state index in [4.69, 9.17) is 13.9 Å². The molecule has 20 heavy (non-hydrogen) atoms. The summed E-state index contributed by atoms with van der Waals surface area (Å²) >= 11 is 0. The third kappa shape index (κ3) is 1.72.